The number of nitriles is 1. The van der Waals surface area contributed by atoms with Crippen LogP contribution in [-0.4, -0.2) is 47.9 Å². The first-order valence-electron chi connectivity index (χ1n) is 10.4. The molecule has 28 heavy (non-hydrogen) atoms. The summed E-state index contributed by atoms with van der Waals surface area (Å²) in [5.74, 6) is -0.101. The molecule has 3 rings (SSSR count). The van der Waals surface area contributed by atoms with Crippen molar-refractivity contribution in [3.05, 3.63) is 35.9 Å². The Morgan fingerprint density at radius 3 is 2.32 bits per heavy atom. The van der Waals surface area contributed by atoms with Gasteiger partial charge in [0.05, 0.1) is 12.6 Å². The highest BCUT2D eigenvalue weighted by molar-refractivity contribution is 5.94. The van der Waals surface area contributed by atoms with Gasteiger partial charge in [0.15, 0.2) is 0 Å². The van der Waals surface area contributed by atoms with Gasteiger partial charge >= 0.3 is 0 Å². The van der Waals surface area contributed by atoms with E-state index in [4.69, 9.17) is 0 Å². The second-order valence-corrected chi connectivity index (χ2v) is 8.05. The van der Waals surface area contributed by atoms with Gasteiger partial charge in [0.25, 0.3) is 5.91 Å². The zero-order chi connectivity index (χ0) is 19.8. The van der Waals surface area contributed by atoms with Crippen LogP contribution in [0.25, 0.3) is 0 Å². The summed E-state index contributed by atoms with van der Waals surface area (Å²) in [6.45, 7) is 1.86. The summed E-state index contributed by atoms with van der Waals surface area (Å²) in [5, 5.41) is 15.7. The molecule has 150 valence electrons. The van der Waals surface area contributed by atoms with E-state index in [1.807, 2.05) is 30.3 Å². The fourth-order valence-corrected chi connectivity index (χ4v) is 4.20. The first-order chi connectivity index (χ1) is 13.6. The number of rotatable bonds is 5. The van der Waals surface area contributed by atoms with E-state index in [-0.39, 0.29) is 17.9 Å². The lowest BCUT2D eigenvalue weighted by Crippen LogP contribution is -2.52. The van der Waals surface area contributed by atoms with Gasteiger partial charge in [-0.3, -0.25) is 14.5 Å². The maximum absolute atomic E-state index is 12.5. The number of likely N-dealkylation sites (tertiary alicyclic amines) is 1. The van der Waals surface area contributed by atoms with E-state index in [2.05, 4.69) is 21.6 Å². The van der Waals surface area contributed by atoms with Crippen LogP contribution >= 0.6 is 0 Å². The van der Waals surface area contributed by atoms with Crippen LogP contribution in [0.4, 0.5) is 0 Å². The molecule has 0 unspecified atom stereocenters. The molecule has 1 aliphatic heterocycles. The van der Waals surface area contributed by atoms with Crippen molar-refractivity contribution >= 4 is 11.8 Å². The Kier molecular flexibility index (Phi) is 7.05. The number of nitrogens with zero attached hydrogens (tertiary/aromatic N) is 2. The minimum absolute atomic E-state index is 0.0406. The van der Waals surface area contributed by atoms with Crippen molar-refractivity contribution < 1.29 is 9.59 Å². The van der Waals surface area contributed by atoms with Gasteiger partial charge in [-0.2, -0.15) is 5.26 Å². The number of carbonyl (C=O) groups excluding carboxylic acids is 2. The Morgan fingerprint density at radius 1 is 1.07 bits per heavy atom. The van der Waals surface area contributed by atoms with E-state index in [1.54, 1.807) is 0 Å². The van der Waals surface area contributed by atoms with Gasteiger partial charge in [0.1, 0.15) is 5.54 Å². The Hall–Kier alpha value is -2.39. The molecule has 1 saturated heterocycles. The lowest BCUT2D eigenvalue weighted by atomic mass is 9.92. The molecular formula is C22H30N4O2. The minimum atomic E-state index is -0.685. The second-order valence-electron chi connectivity index (χ2n) is 8.05. The fourth-order valence-electron chi connectivity index (χ4n) is 4.20. The Labute approximate surface area is 167 Å². The Bertz CT molecular complexity index is 697. The first-order valence-corrected chi connectivity index (χ1v) is 10.4. The number of benzene rings is 1. The Balaban J connectivity index is 1.43. The van der Waals surface area contributed by atoms with Crippen molar-refractivity contribution in [2.24, 2.45) is 0 Å². The standard InChI is InChI=1S/C22H30N4O2/c23-17-22(12-6-1-2-7-13-22)25-20(27)16-26-14-10-19(11-15-26)24-21(28)18-8-4-3-5-9-18/h3-5,8-9,19H,1-2,6-7,10-16H2,(H,24,28)(H,25,27). The summed E-state index contributed by atoms with van der Waals surface area (Å²) in [6.07, 6.45) is 7.44. The second kappa shape index (κ2) is 9.70. The molecule has 0 bridgehead atoms. The van der Waals surface area contributed by atoms with E-state index in [9.17, 15) is 14.9 Å². The number of hydrogen-bond acceptors (Lipinski definition) is 4. The van der Waals surface area contributed by atoms with Gasteiger partial charge in [-0.25, -0.2) is 0 Å². The molecule has 0 aromatic heterocycles. The first kappa shape index (κ1) is 20.3. The van der Waals surface area contributed by atoms with Gasteiger partial charge < -0.3 is 10.6 Å². The van der Waals surface area contributed by atoms with Crippen LogP contribution in [0.1, 0.15) is 61.7 Å². The van der Waals surface area contributed by atoms with Crippen molar-refractivity contribution in [3.63, 3.8) is 0 Å². The van der Waals surface area contributed by atoms with Crippen LogP contribution in [0.3, 0.4) is 0 Å². The van der Waals surface area contributed by atoms with Gasteiger partial charge in [0, 0.05) is 24.7 Å². The van der Waals surface area contributed by atoms with Crippen molar-refractivity contribution in [2.75, 3.05) is 19.6 Å². The molecule has 1 heterocycles. The van der Waals surface area contributed by atoms with E-state index >= 15 is 0 Å². The molecule has 0 atom stereocenters. The van der Waals surface area contributed by atoms with Crippen LogP contribution < -0.4 is 10.6 Å². The monoisotopic (exact) mass is 382 g/mol. The highest BCUT2D eigenvalue weighted by Gasteiger charge is 2.33. The van der Waals surface area contributed by atoms with Crippen molar-refractivity contribution in [1.82, 2.24) is 15.5 Å². The van der Waals surface area contributed by atoms with Crippen molar-refractivity contribution in [1.29, 1.82) is 5.26 Å². The summed E-state index contributed by atoms with van der Waals surface area (Å²) >= 11 is 0. The van der Waals surface area contributed by atoms with Crippen LogP contribution in [0.15, 0.2) is 30.3 Å². The molecular weight excluding hydrogens is 352 g/mol. The van der Waals surface area contributed by atoms with Crippen molar-refractivity contribution in [2.45, 2.75) is 62.9 Å². The summed E-state index contributed by atoms with van der Waals surface area (Å²) in [7, 11) is 0. The quantitative estimate of drug-likeness (QED) is 0.767. The Morgan fingerprint density at radius 2 is 1.71 bits per heavy atom. The predicted molar refractivity (Wildman–Crippen MR) is 108 cm³/mol. The number of nitrogens with one attached hydrogen (secondary N) is 2. The molecule has 1 saturated carbocycles. The molecule has 1 aromatic carbocycles. The minimum Gasteiger partial charge on any atom is -0.349 e. The summed E-state index contributed by atoms with van der Waals surface area (Å²) in [5.41, 5.74) is -0.00949. The lowest BCUT2D eigenvalue weighted by Gasteiger charge is -2.33. The van der Waals surface area contributed by atoms with Crippen LogP contribution in [0.2, 0.25) is 0 Å². The SMILES string of the molecule is N#CC1(NC(=O)CN2CCC(NC(=O)c3ccccc3)CC2)CCCCCC1. The van der Waals surface area contributed by atoms with Gasteiger partial charge in [-0.15, -0.1) is 0 Å². The van der Waals surface area contributed by atoms with E-state index in [0.717, 1.165) is 64.5 Å². The molecule has 6 nitrogen and oxygen atoms in total. The normalized spacial score (nSPS) is 20.5. The van der Waals surface area contributed by atoms with Crippen LogP contribution in [0.5, 0.6) is 0 Å². The van der Waals surface area contributed by atoms with E-state index in [1.165, 1.54) is 0 Å². The van der Waals surface area contributed by atoms with Gasteiger partial charge in [-0.1, -0.05) is 43.9 Å². The molecule has 0 radical (unpaired) electrons. The highest BCUT2D eigenvalue weighted by Crippen LogP contribution is 2.26. The zero-order valence-corrected chi connectivity index (χ0v) is 16.5. The highest BCUT2D eigenvalue weighted by atomic mass is 16.2. The third kappa shape index (κ3) is 5.56. The van der Waals surface area contributed by atoms with E-state index in [0.29, 0.717) is 12.1 Å². The molecule has 2 N–H and O–H groups in total. The molecule has 2 aliphatic rings. The molecule has 1 aromatic rings. The summed E-state index contributed by atoms with van der Waals surface area (Å²) in [4.78, 5) is 26.9. The average Bonchev–Trinajstić information content (AvgIpc) is 2.96. The number of carbonyl (C=O) groups is 2. The maximum atomic E-state index is 12.5. The van der Waals surface area contributed by atoms with Crippen molar-refractivity contribution in [3.8, 4) is 6.07 Å². The number of piperidine rings is 1. The molecule has 6 heteroatoms. The topological polar surface area (TPSA) is 85.2 Å². The fraction of sp³-hybridized carbons (Fsp3) is 0.591. The molecule has 2 fully saturated rings. The van der Waals surface area contributed by atoms with Gasteiger partial charge in [0.2, 0.25) is 5.91 Å². The molecule has 2 amide bonds. The summed E-state index contributed by atoms with van der Waals surface area (Å²) in [6, 6.07) is 11.7. The smallest absolute Gasteiger partial charge is 0.251 e. The predicted octanol–water partition coefficient (Wildman–Crippen LogP) is 2.61. The average molecular weight is 383 g/mol. The van der Waals surface area contributed by atoms with Crippen LogP contribution in [0, 0.1) is 11.3 Å². The number of hydrogen-bond donors (Lipinski definition) is 2. The van der Waals surface area contributed by atoms with E-state index < -0.39 is 5.54 Å². The number of amides is 2. The van der Waals surface area contributed by atoms with Gasteiger partial charge in [-0.05, 0) is 37.8 Å². The zero-order valence-electron chi connectivity index (χ0n) is 16.5. The molecule has 0 spiro atoms. The largest absolute Gasteiger partial charge is 0.349 e. The summed E-state index contributed by atoms with van der Waals surface area (Å²) < 4.78 is 0. The third-order valence-electron chi connectivity index (χ3n) is 5.88. The lowest BCUT2D eigenvalue weighted by molar-refractivity contribution is -0.124. The molecule has 1 aliphatic carbocycles. The maximum Gasteiger partial charge on any atom is 0.251 e. The van der Waals surface area contributed by atoms with Crippen LogP contribution in [-0.2, 0) is 4.79 Å². The third-order valence-corrected chi connectivity index (χ3v) is 5.88.